The zero-order valence-corrected chi connectivity index (χ0v) is 8.86. The maximum absolute atomic E-state index is 5.79. The summed E-state index contributed by atoms with van der Waals surface area (Å²) in [5.41, 5.74) is 7.10. The smallest absolute Gasteiger partial charge is 0.229 e. The summed E-state index contributed by atoms with van der Waals surface area (Å²) in [5, 5.41) is 0. The zero-order chi connectivity index (χ0) is 10.8. The molecule has 0 saturated carbocycles. The highest BCUT2D eigenvalue weighted by Gasteiger charge is 2.09. The predicted molar refractivity (Wildman–Crippen MR) is 59.7 cm³/mol. The molecule has 2 heterocycles. The van der Waals surface area contributed by atoms with Crippen molar-refractivity contribution < 1.29 is 0 Å². The SMILES string of the molecule is CCCN(C)c1nc(N)c2[nH]cnc2n1. The lowest BCUT2D eigenvalue weighted by atomic mass is 10.4. The first kappa shape index (κ1) is 9.70. The second-order valence-corrected chi connectivity index (χ2v) is 3.43. The van der Waals surface area contributed by atoms with Crippen molar-refractivity contribution in [1.29, 1.82) is 0 Å². The number of aromatic amines is 1. The van der Waals surface area contributed by atoms with E-state index >= 15 is 0 Å². The summed E-state index contributed by atoms with van der Waals surface area (Å²) in [5.74, 6) is 1.06. The molecule has 2 aromatic rings. The lowest BCUT2D eigenvalue weighted by Gasteiger charge is -2.15. The van der Waals surface area contributed by atoms with Crippen molar-refractivity contribution in [1.82, 2.24) is 19.9 Å². The minimum absolute atomic E-state index is 0.440. The molecular weight excluding hydrogens is 192 g/mol. The third-order valence-electron chi connectivity index (χ3n) is 2.20. The zero-order valence-electron chi connectivity index (χ0n) is 8.86. The molecule has 80 valence electrons. The maximum atomic E-state index is 5.79. The van der Waals surface area contributed by atoms with E-state index in [0.29, 0.717) is 22.9 Å². The third kappa shape index (κ3) is 1.70. The molecule has 15 heavy (non-hydrogen) atoms. The van der Waals surface area contributed by atoms with Gasteiger partial charge in [0.25, 0.3) is 0 Å². The molecule has 0 aliphatic rings. The van der Waals surface area contributed by atoms with Crippen LogP contribution in [0.15, 0.2) is 6.33 Å². The van der Waals surface area contributed by atoms with E-state index in [1.54, 1.807) is 6.33 Å². The summed E-state index contributed by atoms with van der Waals surface area (Å²) in [6.07, 6.45) is 2.61. The predicted octanol–water partition coefficient (Wildman–Crippen LogP) is 0.781. The van der Waals surface area contributed by atoms with Crippen LogP contribution in [0.2, 0.25) is 0 Å². The molecule has 0 radical (unpaired) electrons. The number of fused-ring (bicyclic) bond motifs is 1. The van der Waals surface area contributed by atoms with Crippen molar-refractivity contribution in [3.8, 4) is 0 Å². The Balaban J connectivity index is 2.44. The molecule has 0 bridgehead atoms. The maximum Gasteiger partial charge on any atom is 0.229 e. The van der Waals surface area contributed by atoms with Gasteiger partial charge < -0.3 is 15.6 Å². The highest BCUT2D eigenvalue weighted by Crippen LogP contribution is 2.17. The van der Waals surface area contributed by atoms with Crippen molar-refractivity contribution in [2.24, 2.45) is 0 Å². The second kappa shape index (κ2) is 3.72. The van der Waals surface area contributed by atoms with E-state index in [-0.39, 0.29) is 0 Å². The number of aromatic nitrogens is 4. The fraction of sp³-hybridized carbons (Fsp3) is 0.444. The third-order valence-corrected chi connectivity index (χ3v) is 2.20. The first-order chi connectivity index (χ1) is 7.22. The summed E-state index contributed by atoms with van der Waals surface area (Å²) in [6.45, 7) is 3.00. The number of nitrogens with two attached hydrogens (primary N) is 1. The first-order valence-electron chi connectivity index (χ1n) is 4.90. The number of rotatable bonds is 3. The van der Waals surface area contributed by atoms with Crippen LogP contribution in [0.4, 0.5) is 11.8 Å². The van der Waals surface area contributed by atoms with Gasteiger partial charge in [0.1, 0.15) is 5.52 Å². The highest BCUT2D eigenvalue weighted by molar-refractivity contribution is 5.82. The van der Waals surface area contributed by atoms with E-state index < -0.39 is 0 Å². The fourth-order valence-corrected chi connectivity index (χ4v) is 1.45. The summed E-state index contributed by atoms with van der Waals surface area (Å²) in [7, 11) is 1.94. The van der Waals surface area contributed by atoms with Crippen LogP contribution in [0.3, 0.4) is 0 Å². The van der Waals surface area contributed by atoms with Crippen molar-refractivity contribution in [3.63, 3.8) is 0 Å². The van der Waals surface area contributed by atoms with Gasteiger partial charge in [-0.2, -0.15) is 9.97 Å². The summed E-state index contributed by atoms with van der Waals surface area (Å²) >= 11 is 0. The van der Waals surface area contributed by atoms with Gasteiger partial charge in [0.2, 0.25) is 5.95 Å². The van der Waals surface area contributed by atoms with Crippen LogP contribution >= 0.6 is 0 Å². The molecule has 0 unspecified atom stereocenters. The van der Waals surface area contributed by atoms with Crippen LogP contribution in [0.1, 0.15) is 13.3 Å². The van der Waals surface area contributed by atoms with Gasteiger partial charge in [-0.3, -0.25) is 0 Å². The lowest BCUT2D eigenvalue weighted by Crippen LogP contribution is -2.20. The molecule has 6 nitrogen and oxygen atoms in total. The van der Waals surface area contributed by atoms with Gasteiger partial charge >= 0.3 is 0 Å². The molecule has 2 aromatic heterocycles. The van der Waals surface area contributed by atoms with Gasteiger partial charge in [-0.25, -0.2) is 4.98 Å². The molecule has 0 saturated heterocycles. The molecule has 2 rings (SSSR count). The number of hydrogen-bond acceptors (Lipinski definition) is 5. The van der Waals surface area contributed by atoms with E-state index in [2.05, 4.69) is 26.9 Å². The topological polar surface area (TPSA) is 83.7 Å². The van der Waals surface area contributed by atoms with Crippen molar-refractivity contribution >= 4 is 22.9 Å². The van der Waals surface area contributed by atoms with Crippen LogP contribution in [-0.2, 0) is 0 Å². The minimum atomic E-state index is 0.440. The van der Waals surface area contributed by atoms with Crippen molar-refractivity contribution in [2.75, 3.05) is 24.2 Å². The minimum Gasteiger partial charge on any atom is -0.382 e. The van der Waals surface area contributed by atoms with Crippen LogP contribution in [-0.4, -0.2) is 33.5 Å². The molecule has 3 N–H and O–H groups in total. The average Bonchev–Trinajstić information content (AvgIpc) is 2.66. The molecule has 0 fully saturated rings. The van der Waals surface area contributed by atoms with E-state index in [1.807, 2.05) is 11.9 Å². The Morgan fingerprint density at radius 2 is 2.27 bits per heavy atom. The standard InChI is InChI=1S/C9H14N6/c1-3-4-15(2)9-13-7(10)6-8(14-9)12-5-11-6/h5H,3-4H2,1-2H3,(H3,10,11,12,13,14). The monoisotopic (exact) mass is 206 g/mol. The van der Waals surface area contributed by atoms with Gasteiger partial charge in [0, 0.05) is 13.6 Å². The fourth-order valence-electron chi connectivity index (χ4n) is 1.45. The van der Waals surface area contributed by atoms with E-state index in [4.69, 9.17) is 5.73 Å². The number of nitrogen functional groups attached to an aromatic ring is 1. The Kier molecular flexibility index (Phi) is 2.40. The Hall–Kier alpha value is -1.85. The first-order valence-corrected chi connectivity index (χ1v) is 4.90. The van der Waals surface area contributed by atoms with Crippen molar-refractivity contribution in [2.45, 2.75) is 13.3 Å². The molecule has 0 amide bonds. The normalized spacial score (nSPS) is 10.8. The summed E-state index contributed by atoms with van der Waals surface area (Å²) in [4.78, 5) is 17.5. The van der Waals surface area contributed by atoms with Gasteiger partial charge in [-0.1, -0.05) is 6.92 Å². The van der Waals surface area contributed by atoms with Crippen LogP contribution in [0.5, 0.6) is 0 Å². The van der Waals surface area contributed by atoms with Crippen LogP contribution in [0, 0.1) is 0 Å². The molecule has 0 aliphatic heterocycles. The average molecular weight is 206 g/mol. The largest absolute Gasteiger partial charge is 0.382 e. The summed E-state index contributed by atoms with van der Waals surface area (Å²) < 4.78 is 0. The highest BCUT2D eigenvalue weighted by atomic mass is 15.3. The van der Waals surface area contributed by atoms with E-state index in [0.717, 1.165) is 13.0 Å². The number of imidazole rings is 1. The molecule has 0 aliphatic carbocycles. The Labute approximate surface area is 87.5 Å². The second-order valence-electron chi connectivity index (χ2n) is 3.43. The Morgan fingerprint density at radius 3 is 3.00 bits per heavy atom. The van der Waals surface area contributed by atoms with Crippen molar-refractivity contribution in [3.05, 3.63) is 6.33 Å². The Morgan fingerprint density at radius 1 is 1.47 bits per heavy atom. The summed E-state index contributed by atoms with van der Waals surface area (Å²) in [6, 6.07) is 0. The number of nitrogens with one attached hydrogen (secondary N) is 1. The van der Waals surface area contributed by atoms with Crippen LogP contribution in [0.25, 0.3) is 11.2 Å². The van der Waals surface area contributed by atoms with Gasteiger partial charge in [0.15, 0.2) is 11.5 Å². The molecule has 0 aromatic carbocycles. The number of nitrogens with zero attached hydrogens (tertiary/aromatic N) is 4. The molecule has 6 heteroatoms. The Bertz CT molecular complexity index is 463. The quantitative estimate of drug-likeness (QED) is 0.775. The number of hydrogen-bond donors (Lipinski definition) is 2. The number of H-pyrrole nitrogens is 1. The molecule has 0 atom stereocenters. The van der Waals surface area contributed by atoms with Crippen LogP contribution < -0.4 is 10.6 Å². The molecule has 0 spiro atoms. The number of anilines is 2. The van der Waals surface area contributed by atoms with E-state index in [9.17, 15) is 0 Å². The lowest BCUT2D eigenvalue weighted by molar-refractivity contribution is 0.823. The van der Waals surface area contributed by atoms with E-state index in [1.165, 1.54) is 0 Å². The molecular formula is C9H14N6. The van der Waals surface area contributed by atoms with Gasteiger partial charge in [-0.05, 0) is 6.42 Å². The van der Waals surface area contributed by atoms with Gasteiger partial charge in [0.05, 0.1) is 6.33 Å². The van der Waals surface area contributed by atoms with Gasteiger partial charge in [-0.15, -0.1) is 0 Å².